The number of aromatic hydroxyl groups is 4. The SMILES string of the molecule is COc1cc(/C=C/C(=O)CONCCc2ccc(O)cc2)ccc1O.COc1cc(/C=C/C(=O)NCCc2ccc(O)c(OC)c2)ccc1O. The van der Waals surface area contributed by atoms with Crippen molar-refractivity contribution in [3.8, 4) is 40.2 Å². The van der Waals surface area contributed by atoms with Crippen LogP contribution >= 0.6 is 0 Å². The van der Waals surface area contributed by atoms with Gasteiger partial charge in [-0.2, -0.15) is 0 Å². The lowest BCUT2D eigenvalue weighted by atomic mass is 10.1. The summed E-state index contributed by atoms with van der Waals surface area (Å²) in [6.45, 7) is 0.925. The molecule has 0 saturated heterocycles. The van der Waals surface area contributed by atoms with E-state index in [1.165, 1.54) is 45.6 Å². The van der Waals surface area contributed by atoms with Gasteiger partial charge in [-0.05, 0) is 95.8 Å². The zero-order valence-corrected chi connectivity index (χ0v) is 28.1. The first-order chi connectivity index (χ1) is 24.1. The van der Waals surface area contributed by atoms with E-state index in [0.717, 1.165) is 28.7 Å². The molecule has 0 radical (unpaired) electrons. The third-order valence-corrected chi connectivity index (χ3v) is 7.02. The van der Waals surface area contributed by atoms with Gasteiger partial charge in [0, 0.05) is 19.2 Å². The van der Waals surface area contributed by atoms with E-state index < -0.39 is 0 Å². The fourth-order valence-corrected chi connectivity index (χ4v) is 4.32. The van der Waals surface area contributed by atoms with Crippen molar-refractivity contribution in [3.63, 3.8) is 0 Å². The van der Waals surface area contributed by atoms with Crippen molar-refractivity contribution in [2.24, 2.45) is 0 Å². The van der Waals surface area contributed by atoms with Crippen molar-refractivity contribution in [1.29, 1.82) is 0 Å². The van der Waals surface area contributed by atoms with Gasteiger partial charge >= 0.3 is 0 Å². The van der Waals surface area contributed by atoms with E-state index in [9.17, 15) is 30.0 Å². The molecule has 12 nitrogen and oxygen atoms in total. The first kappa shape index (κ1) is 38.5. The number of benzene rings is 4. The van der Waals surface area contributed by atoms with Crippen molar-refractivity contribution >= 4 is 23.8 Å². The molecule has 0 bridgehead atoms. The minimum atomic E-state index is -0.224. The maximum absolute atomic E-state index is 11.9. The highest BCUT2D eigenvalue weighted by Crippen LogP contribution is 2.28. The highest BCUT2D eigenvalue weighted by atomic mass is 16.6. The predicted octanol–water partition coefficient (Wildman–Crippen LogP) is 4.94. The molecule has 12 heteroatoms. The lowest BCUT2D eigenvalue weighted by molar-refractivity contribution is -0.121. The number of carbonyl (C=O) groups excluding carboxylic acids is 2. The van der Waals surface area contributed by atoms with Gasteiger partial charge in [0.2, 0.25) is 5.91 Å². The minimum absolute atomic E-state index is 0.0483. The molecule has 0 unspecified atom stereocenters. The maximum Gasteiger partial charge on any atom is 0.244 e. The molecule has 6 N–H and O–H groups in total. The van der Waals surface area contributed by atoms with Gasteiger partial charge in [0.1, 0.15) is 12.4 Å². The number of amides is 1. The summed E-state index contributed by atoms with van der Waals surface area (Å²) in [5.74, 6) is 1.11. The average Bonchev–Trinajstić information content (AvgIpc) is 3.12. The number of hydroxylamine groups is 1. The van der Waals surface area contributed by atoms with E-state index in [4.69, 9.17) is 19.0 Å². The van der Waals surface area contributed by atoms with Crippen molar-refractivity contribution in [2.75, 3.05) is 41.0 Å². The van der Waals surface area contributed by atoms with Gasteiger partial charge in [0.05, 0.1) is 21.3 Å². The van der Waals surface area contributed by atoms with Gasteiger partial charge < -0.3 is 40.0 Å². The summed E-state index contributed by atoms with van der Waals surface area (Å²) >= 11 is 0. The molecule has 0 aliphatic carbocycles. The van der Waals surface area contributed by atoms with E-state index in [1.54, 1.807) is 66.7 Å². The summed E-state index contributed by atoms with van der Waals surface area (Å²) in [5.41, 5.74) is 6.22. The van der Waals surface area contributed by atoms with Gasteiger partial charge in [-0.25, -0.2) is 5.48 Å². The molecule has 4 rings (SSSR count). The standard InChI is InChI=1S/2C19H21NO5/c1-24-17-11-13(3-6-15(17)21)5-8-19(23)20-10-9-14-4-7-16(22)18(12-14)25-2;1-24-19-12-15(5-9-18(19)23)4-8-17(22)13-25-20-11-10-14-2-6-16(21)7-3-14/h3-8,11-12,21-22H,9-10H2,1-2H3,(H,20,23);2-9,12,20-21,23H,10-11,13H2,1H3/b8-5+;8-4+. The first-order valence-electron chi connectivity index (χ1n) is 15.5. The molecular formula is C38H42N2O10. The highest BCUT2D eigenvalue weighted by Gasteiger charge is 2.05. The normalized spacial score (nSPS) is 10.8. The molecule has 0 aromatic heterocycles. The quantitative estimate of drug-likeness (QED) is 0.0535. The number of ether oxygens (including phenoxy) is 3. The molecule has 0 fully saturated rings. The van der Waals surface area contributed by atoms with Gasteiger partial charge in [0.15, 0.2) is 40.3 Å². The van der Waals surface area contributed by atoms with Crippen molar-refractivity contribution in [3.05, 3.63) is 113 Å². The van der Waals surface area contributed by atoms with Crippen LogP contribution in [0.15, 0.2) is 91.0 Å². The topological polar surface area (TPSA) is 176 Å². The molecular weight excluding hydrogens is 644 g/mol. The Morgan fingerprint density at radius 3 is 1.70 bits per heavy atom. The summed E-state index contributed by atoms with van der Waals surface area (Å²) in [7, 11) is 4.42. The van der Waals surface area contributed by atoms with Gasteiger partial charge in [-0.1, -0.05) is 36.4 Å². The third-order valence-electron chi connectivity index (χ3n) is 7.02. The zero-order chi connectivity index (χ0) is 36.3. The van der Waals surface area contributed by atoms with E-state index in [0.29, 0.717) is 36.8 Å². The number of hydrogen-bond donors (Lipinski definition) is 6. The van der Waals surface area contributed by atoms with Crippen LogP contribution in [0.1, 0.15) is 22.3 Å². The lowest BCUT2D eigenvalue weighted by Crippen LogP contribution is -2.23. The summed E-state index contributed by atoms with van der Waals surface area (Å²) < 4.78 is 15.1. The Kier molecular flexibility index (Phi) is 15.7. The van der Waals surface area contributed by atoms with Crippen LogP contribution in [-0.4, -0.2) is 73.1 Å². The van der Waals surface area contributed by atoms with Crippen molar-refractivity contribution < 1.29 is 49.1 Å². The number of phenolic OH excluding ortho intramolecular Hbond substituents is 4. The third kappa shape index (κ3) is 13.3. The lowest BCUT2D eigenvalue weighted by Gasteiger charge is -2.07. The van der Waals surface area contributed by atoms with Gasteiger partial charge in [-0.15, -0.1) is 0 Å². The van der Waals surface area contributed by atoms with Crippen LogP contribution in [0.2, 0.25) is 0 Å². The molecule has 264 valence electrons. The number of hydrogen-bond acceptors (Lipinski definition) is 11. The van der Waals surface area contributed by atoms with E-state index >= 15 is 0 Å². The molecule has 4 aromatic rings. The monoisotopic (exact) mass is 686 g/mol. The van der Waals surface area contributed by atoms with Crippen LogP contribution in [0.25, 0.3) is 12.2 Å². The number of methoxy groups -OCH3 is 3. The highest BCUT2D eigenvalue weighted by molar-refractivity contribution is 5.94. The average molecular weight is 687 g/mol. The number of nitrogens with one attached hydrogen (secondary N) is 2. The van der Waals surface area contributed by atoms with Gasteiger partial charge in [0.25, 0.3) is 0 Å². The Hall–Kier alpha value is -5.98. The molecule has 0 saturated carbocycles. The fraction of sp³-hybridized carbons (Fsp3) is 0.211. The van der Waals surface area contributed by atoms with Gasteiger partial charge in [-0.3, -0.25) is 14.4 Å². The summed E-state index contributed by atoms with van der Waals surface area (Å²) in [6, 6.07) is 21.6. The minimum Gasteiger partial charge on any atom is -0.508 e. The molecule has 0 heterocycles. The Balaban J connectivity index is 0.000000270. The summed E-state index contributed by atoms with van der Waals surface area (Å²) in [5, 5.41) is 40.6. The molecule has 50 heavy (non-hydrogen) atoms. The van der Waals surface area contributed by atoms with Crippen LogP contribution in [0, 0.1) is 0 Å². The van der Waals surface area contributed by atoms with E-state index in [1.807, 2.05) is 12.1 Å². The van der Waals surface area contributed by atoms with Crippen LogP contribution in [0.3, 0.4) is 0 Å². The fourth-order valence-electron chi connectivity index (χ4n) is 4.32. The first-order valence-corrected chi connectivity index (χ1v) is 15.5. The van der Waals surface area contributed by atoms with Crippen LogP contribution in [0.5, 0.6) is 40.2 Å². The second-order valence-electron chi connectivity index (χ2n) is 10.6. The molecule has 0 spiro atoms. The van der Waals surface area contributed by atoms with Crippen LogP contribution in [0.4, 0.5) is 0 Å². The maximum atomic E-state index is 11.9. The molecule has 1 amide bonds. The summed E-state index contributed by atoms with van der Waals surface area (Å²) in [4.78, 5) is 28.7. The Morgan fingerprint density at radius 1 is 0.620 bits per heavy atom. The second kappa shape index (κ2) is 20.4. The van der Waals surface area contributed by atoms with Crippen molar-refractivity contribution in [1.82, 2.24) is 10.8 Å². The zero-order valence-electron chi connectivity index (χ0n) is 28.1. The molecule has 4 aromatic carbocycles. The Bertz CT molecular complexity index is 1750. The number of rotatable bonds is 16. The van der Waals surface area contributed by atoms with Crippen molar-refractivity contribution in [2.45, 2.75) is 12.8 Å². The number of carbonyl (C=O) groups is 2. The smallest absolute Gasteiger partial charge is 0.244 e. The van der Waals surface area contributed by atoms with Crippen LogP contribution < -0.4 is 25.0 Å². The van der Waals surface area contributed by atoms with E-state index in [-0.39, 0.29) is 41.3 Å². The predicted molar refractivity (Wildman–Crippen MR) is 190 cm³/mol. The Morgan fingerprint density at radius 2 is 1.12 bits per heavy atom. The number of ketones is 1. The van der Waals surface area contributed by atoms with Crippen LogP contribution in [-0.2, 0) is 27.3 Å². The second-order valence-corrected chi connectivity index (χ2v) is 10.6. The largest absolute Gasteiger partial charge is 0.508 e. The van der Waals surface area contributed by atoms with E-state index in [2.05, 4.69) is 10.8 Å². The molecule has 0 aliphatic rings. The Labute approximate surface area is 290 Å². The molecule has 0 atom stereocenters. The number of phenols is 4. The summed E-state index contributed by atoms with van der Waals surface area (Å²) in [6.07, 6.45) is 7.43. The molecule has 0 aliphatic heterocycles.